The Morgan fingerprint density at radius 1 is 1.13 bits per heavy atom. The first-order valence-corrected chi connectivity index (χ1v) is 12.2. The van der Waals surface area contributed by atoms with Crippen molar-refractivity contribution < 1.29 is 18.4 Å². The standard InChI is InChI=1S/C26H21F2N9O2/c27-15-4-6-31-20(10-15)34-26(39)14-1-2-16(17(28)9-14)23-22-24(30)32-12-33-25(22)37(35-23)19-8-13-7-18(19)36(11-13)21(38)3-5-29/h1-2,4,6,9-10,12-13,18-19H,3,7-8,11H2,(H2,30,32,33)(H,31,34,39)/t13-,18-,19+/m1/s1. The van der Waals surface area contributed by atoms with Crippen molar-refractivity contribution in [2.24, 2.45) is 5.92 Å². The van der Waals surface area contributed by atoms with E-state index in [0.29, 0.717) is 17.6 Å². The normalized spacial score (nSPS) is 19.8. The van der Waals surface area contributed by atoms with Gasteiger partial charge < -0.3 is 16.0 Å². The van der Waals surface area contributed by atoms with Crippen molar-refractivity contribution in [1.82, 2.24) is 29.6 Å². The largest absolute Gasteiger partial charge is 0.383 e. The molecule has 3 aromatic heterocycles. The fourth-order valence-corrected chi connectivity index (χ4v) is 5.63. The highest BCUT2D eigenvalue weighted by molar-refractivity contribution is 6.04. The van der Waals surface area contributed by atoms with Crippen LogP contribution in [0.15, 0.2) is 42.9 Å². The Morgan fingerprint density at radius 2 is 1.95 bits per heavy atom. The van der Waals surface area contributed by atoms with Gasteiger partial charge in [-0.1, -0.05) is 0 Å². The Balaban J connectivity index is 1.36. The van der Waals surface area contributed by atoms with Crippen LogP contribution in [-0.2, 0) is 4.79 Å². The van der Waals surface area contributed by atoms with Crippen molar-refractivity contribution in [2.75, 3.05) is 17.6 Å². The highest BCUT2D eigenvalue weighted by atomic mass is 19.1. The van der Waals surface area contributed by atoms with Gasteiger partial charge in [-0.25, -0.2) is 28.4 Å². The summed E-state index contributed by atoms with van der Waals surface area (Å²) >= 11 is 0. The third kappa shape index (κ3) is 4.19. The summed E-state index contributed by atoms with van der Waals surface area (Å²) in [5.41, 5.74) is 6.88. The number of nitrogens with zero attached hydrogens (tertiary/aromatic N) is 7. The van der Waals surface area contributed by atoms with E-state index in [1.54, 1.807) is 9.58 Å². The number of piperidine rings is 1. The minimum Gasteiger partial charge on any atom is -0.383 e. The molecule has 196 valence electrons. The lowest BCUT2D eigenvalue weighted by molar-refractivity contribution is -0.132. The van der Waals surface area contributed by atoms with Crippen LogP contribution in [0, 0.1) is 28.9 Å². The molecule has 1 saturated carbocycles. The molecule has 0 unspecified atom stereocenters. The van der Waals surface area contributed by atoms with Crippen LogP contribution in [0.25, 0.3) is 22.3 Å². The van der Waals surface area contributed by atoms with Gasteiger partial charge in [0.05, 0.1) is 23.5 Å². The Hall–Kier alpha value is -4.99. The zero-order valence-electron chi connectivity index (χ0n) is 20.4. The third-order valence-electron chi connectivity index (χ3n) is 7.28. The van der Waals surface area contributed by atoms with Crippen LogP contribution in [0.4, 0.5) is 20.4 Å². The number of hydrogen-bond acceptors (Lipinski definition) is 8. The highest BCUT2D eigenvalue weighted by Gasteiger charge is 2.48. The topological polar surface area (TPSA) is 156 Å². The second-order valence-corrected chi connectivity index (χ2v) is 9.61. The summed E-state index contributed by atoms with van der Waals surface area (Å²) in [6.07, 6.45) is 3.83. The molecule has 4 aromatic rings. The average molecular weight is 530 g/mol. The van der Waals surface area contributed by atoms with E-state index in [1.165, 1.54) is 24.7 Å². The van der Waals surface area contributed by atoms with E-state index in [-0.39, 0.29) is 58.8 Å². The van der Waals surface area contributed by atoms with Crippen LogP contribution in [0.2, 0.25) is 0 Å². The Bertz CT molecular complexity index is 1680. The first kappa shape index (κ1) is 24.4. The van der Waals surface area contributed by atoms with Gasteiger partial charge in [-0.05, 0) is 43.0 Å². The van der Waals surface area contributed by atoms with Crippen LogP contribution in [0.3, 0.4) is 0 Å². The molecule has 2 amide bonds. The summed E-state index contributed by atoms with van der Waals surface area (Å²) in [4.78, 5) is 39.2. The lowest BCUT2D eigenvalue weighted by Crippen LogP contribution is -2.43. The molecule has 0 spiro atoms. The predicted molar refractivity (Wildman–Crippen MR) is 135 cm³/mol. The third-order valence-corrected chi connectivity index (χ3v) is 7.28. The molecule has 2 bridgehead atoms. The summed E-state index contributed by atoms with van der Waals surface area (Å²) in [5, 5.41) is 16.5. The van der Waals surface area contributed by atoms with Crippen molar-refractivity contribution in [3.8, 4) is 17.3 Å². The van der Waals surface area contributed by atoms with E-state index < -0.39 is 17.5 Å². The average Bonchev–Trinajstić information content (AvgIpc) is 3.62. The van der Waals surface area contributed by atoms with Crippen LogP contribution in [-0.4, -0.2) is 54.0 Å². The number of anilines is 2. The van der Waals surface area contributed by atoms with Gasteiger partial charge >= 0.3 is 0 Å². The molecule has 1 aromatic carbocycles. The van der Waals surface area contributed by atoms with Crippen molar-refractivity contribution in [1.29, 1.82) is 5.26 Å². The predicted octanol–water partition coefficient (Wildman–Crippen LogP) is 3.08. The van der Waals surface area contributed by atoms with Gasteiger partial charge in [-0.2, -0.15) is 10.4 Å². The molecule has 13 heteroatoms. The van der Waals surface area contributed by atoms with E-state index in [0.717, 1.165) is 31.0 Å². The van der Waals surface area contributed by atoms with E-state index >= 15 is 4.39 Å². The monoisotopic (exact) mass is 529 g/mol. The molecule has 1 saturated heterocycles. The van der Waals surface area contributed by atoms with Crippen molar-refractivity contribution in [3.05, 3.63) is 60.1 Å². The summed E-state index contributed by atoms with van der Waals surface area (Å²) in [6, 6.07) is 7.57. The van der Waals surface area contributed by atoms with Gasteiger partial charge in [0.2, 0.25) is 5.91 Å². The molecule has 1 aliphatic carbocycles. The van der Waals surface area contributed by atoms with Gasteiger partial charge in [0.25, 0.3) is 5.91 Å². The molecule has 1 aliphatic heterocycles. The molecule has 11 nitrogen and oxygen atoms in total. The fourth-order valence-electron chi connectivity index (χ4n) is 5.63. The number of benzene rings is 1. The minimum atomic E-state index is -0.733. The Morgan fingerprint density at radius 3 is 2.69 bits per heavy atom. The second kappa shape index (κ2) is 9.39. The molecule has 3 atom stereocenters. The maximum absolute atomic E-state index is 15.5. The van der Waals surface area contributed by atoms with Crippen LogP contribution in [0.1, 0.15) is 35.7 Å². The lowest BCUT2D eigenvalue weighted by atomic mass is 10.0. The quantitative estimate of drug-likeness (QED) is 0.400. The van der Waals surface area contributed by atoms with Gasteiger partial charge in [0, 0.05) is 29.9 Å². The Labute approximate surface area is 220 Å². The number of carbonyl (C=O) groups is 2. The van der Waals surface area contributed by atoms with Crippen molar-refractivity contribution in [3.63, 3.8) is 0 Å². The Kier molecular flexibility index (Phi) is 5.86. The minimum absolute atomic E-state index is 0.00461. The van der Waals surface area contributed by atoms with E-state index in [2.05, 4.69) is 20.3 Å². The molecular formula is C26H21F2N9O2. The summed E-state index contributed by atoms with van der Waals surface area (Å²) < 4.78 is 30.6. The maximum atomic E-state index is 15.5. The van der Waals surface area contributed by atoms with Crippen LogP contribution < -0.4 is 11.1 Å². The number of amides is 2. The van der Waals surface area contributed by atoms with Gasteiger partial charge in [-0.15, -0.1) is 0 Å². The molecule has 2 aliphatic rings. The zero-order valence-corrected chi connectivity index (χ0v) is 20.4. The molecule has 6 rings (SSSR count). The lowest BCUT2D eigenvalue weighted by Gasteiger charge is -2.33. The first-order valence-electron chi connectivity index (χ1n) is 12.2. The van der Waals surface area contributed by atoms with Gasteiger partial charge in [0.1, 0.15) is 41.7 Å². The number of nitrogens with two attached hydrogens (primary N) is 1. The molecule has 2 fully saturated rings. The number of nitriles is 1. The number of hydrogen-bond donors (Lipinski definition) is 2. The summed E-state index contributed by atoms with van der Waals surface area (Å²) in [6.45, 7) is 0.591. The van der Waals surface area contributed by atoms with Crippen molar-refractivity contribution in [2.45, 2.75) is 31.3 Å². The van der Waals surface area contributed by atoms with Crippen LogP contribution >= 0.6 is 0 Å². The number of likely N-dealkylation sites (tertiary alicyclic amines) is 1. The maximum Gasteiger partial charge on any atom is 0.256 e. The molecule has 3 N–H and O–H groups in total. The number of aromatic nitrogens is 5. The molecule has 4 heterocycles. The first-order chi connectivity index (χ1) is 18.8. The number of halogens is 2. The number of rotatable bonds is 5. The van der Waals surface area contributed by atoms with Crippen molar-refractivity contribution >= 4 is 34.5 Å². The summed E-state index contributed by atoms with van der Waals surface area (Å²) in [7, 11) is 0. The van der Waals surface area contributed by atoms with E-state index in [4.69, 9.17) is 16.1 Å². The SMILES string of the molecule is N#CCC(=O)N1C[C@@H]2C[C@@H]1[C@@H](n1nc(-c3ccc(C(=O)Nc4cc(F)ccn4)cc3F)c3c(N)ncnc31)C2. The second-order valence-electron chi connectivity index (χ2n) is 9.61. The number of fused-ring (bicyclic) bond motifs is 3. The molecule has 39 heavy (non-hydrogen) atoms. The van der Waals surface area contributed by atoms with E-state index in [9.17, 15) is 14.0 Å². The van der Waals surface area contributed by atoms with Gasteiger partial charge in [0.15, 0.2) is 5.65 Å². The van der Waals surface area contributed by atoms with E-state index in [1.807, 2.05) is 6.07 Å². The summed E-state index contributed by atoms with van der Waals surface area (Å²) in [5.74, 6) is -1.84. The van der Waals surface area contributed by atoms with Crippen LogP contribution in [0.5, 0.6) is 0 Å². The molecular weight excluding hydrogens is 508 g/mol. The number of nitrogens with one attached hydrogen (secondary N) is 1. The molecule has 0 radical (unpaired) electrons. The smallest absolute Gasteiger partial charge is 0.256 e. The highest BCUT2D eigenvalue weighted by Crippen LogP contribution is 2.46. The number of pyridine rings is 1. The number of carbonyl (C=O) groups excluding carboxylic acids is 2. The fraction of sp³-hybridized carbons (Fsp3) is 0.269. The van der Waals surface area contributed by atoms with Gasteiger partial charge in [-0.3, -0.25) is 9.59 Å². The number of nitrogen functional groups attached to an aromatic ring is 1. The zero-order chi connectivity index (χ0) is 27.3.